The maximum Gasteiger partial charge on any atom is 0.303 e. The van der Waals surface area contributed by atoms with Crippen molar-refractivity contribution in [2.75, 3.05) is 0 Å². The molecule has 1 aliphatic heterocycles. The molecule has 16 heavy (non-hydrogen) atoms. The van der Waals surface area contributed by atoms with E-state index in [0.29, 0.717) is 12.5 Å². The van der Waals surface area contributed by atoms with E-state index in [1.807, 2.05) is 0 Å². The molecule has 1 heterocycles. The first-order chi connectivity index (χ1) is 7.74. The first kappa shape index (κ1) is 13.2. The van der Waals surface area contributed by atoms with Gasteiger partial charge in [-0.25, -0.2) is 0 Å². The van der Waals surface area contributed by atoms with Crippen molar-refractivity contribution in [2.45, 2.75) is 63.6 Å². The predicted octanol–water partition coefficient (Wildman–Crippen LogP) is 2.16. The highest BCUT2D eigenvalue weighted by atomic mass is 16.6. The molecule has 1 aliphatic rings. The van der Waals surface area contributed by atoms with Gasteiger partial charge in [0, 0.05) is 12.8 Å². The lowest BCUT2D eigenvalue weighted by atomic mass is 10.1. The number of carboxylic acids is 1. The Morgan fingerprint density at radius 2 is 1.81 bits per heavy atom. The van der Waals surface area contributed by atoms with Crippen LogP contribution in [0.3, 0.4) is 0 Å². The molecule has 1 N–H and O–H groups in total. The zero-order valence-corrected chi connectivity index (χ0v) is 9.56. The number of aliphatic carboxylic acids is 1. The molecular formula is C12H20O4. The molecule has 0 spiro atoms. The van der Waals surface area contributed by atoms with Crippen molar-refractivity contribution < 1.29 is 19.4 Å². The van der Waals surface area contributed by atoms with Crippen LogP contribution in [0.1, 0.15) is 51.4 Å². The summed E-state index contributed by atoms with van der Waals surface area (Å²) in [6.45, 7) is 0. The summed E-state index contributed by atoms with van der Waals surface area (Å²) in [7, 11) is 0. The number of carbonyl (C=O) groups excluding carboxylic acids is 1. The lowest BCUT2D eigenvalue weighted by molar-refractivity contribution is -0.137. The monoisotopic (exact) mass is 228 g/mol. The maximum absolute atomic E-state index is 10.2. The largest absolute Gasteiger partial charge is 0.481 e. The van der Waals surface area contributed by atoms with E-state index in [0.717, 1.165) is 44.8 Å². The molecule has 0 bridgehead atoms. The third-order valence-corrected chi connectivity index (χ3v) is 2.90. The van der Waals surface area contributed by atoms with Crippen LogP contribution >= 0.6 is 0 Å². The average molecular weight is 228 g/mol. The lowest BCUT2D eigenvalue weighted by Crippen LogP contribution is -1.95. The Balaban J connectivity index is 1.79. The molecule has 0 saturated carbocycles. The van der Waals surface area contributed by atoms with Crippen LogP contribution in [-0.4, -0.2) is 29.6 Å². The Labute approximate surface area is 96.0 Å². The summed E-state index contributed by atoms with van der Waals surface area (Å²) >= 11 is 0. The molecule has 92 valence electrons. The molecule has 0 aromatic heterocycles. The zero-order valence-electron chi connectivity index (χ0n) is 9.56. The van der Waals surface area contributed by atoms with E-state index in [2.05, 4.69) is 0 Å². The molecule has 0 aromatic carbocycles. The molecule has 2 unspecified atom stereocenters. The molecular weight excluding hydrogens is 208 g/mol. The molecule has 2 atom stereocenters. The summed E-state index contributed by atoms with van der Waals surface area (Å²) in [5.41, 5.74) is 0. The minimum Gasteiger partial charge on any atom is -0.481 e. The summed E-state index contributed by atoms with van der Waals surface area (Å²) in [6.07, 6.45) is 8.38. The number of rotatable bonds is 10. The molecule has 1 fully saturated rings. The van der Waals surface area contributed by atoms with Gasteiger partial charge in [-0.05, 0) is 12.8 Å². The number of epoxide rings is 1. The molecule has 1 rings (SSSR count). The van der Waals surface area contributed by atoms with Gasteiger partial charge >= 0.3 is 5.97 Å². The minimum absolute atomic E-state index is 0.185. The van der Waals surface area contributed by atoms with Crippen molar-refractivity contribution >= 4 is 12.3 Å². The molecule has 0 aliphatic carbocycles. The van der Waals surface area contributed by atoms with Gasteiger partial charge in [-0.15, -0.1) is 0 Å². The average Bonchev–Trinajstić information content (AvgIpc) is 2.95. The van der Waals surface area contributed by atoms with Crippen LogP contribution < -0.4 is 0 Å². The fourth-order valence-electron chi connectivity index (χ4n) is 1.89. The van der Waals surface area contributed by atoms with E-state index >= 15 is 0 Å². The van der Waals surface area contributed by atoms with Crippen LogP contribution in [0.5, 0.6) is 0 Å². The summed E-state index contributed by atoms with van der Waals surface area (Å²) in [4.78, 5) is 20.4. The second kappa shape index (κ2) is 7.39. The molecule has 0 radical (unpaired) electrons. The van der Waals surface area contributed by atoms with E-state index in [1.165, 1.54) is 0 Å². The van der Waals surface area contributed by atoms with Crippen molar-refractivity contribution in [3.63, 3.8) is 0 Å². The van der Waals surface area contributed by atoms with Gasteiger partial charge in [0.1, 0.15) is 6.29 Å². The SMILES string of the molecule is O=CCC1OC1CCCCCCCC(=O)O. The maximum atomic E-state index is 10.2. The Kier molecular flexibility index (Phi) is 6.08. The van der Waals surface area contributed by atoms with E-state index < -0.39 is 5.97 Å². The Morgan fingerprint density at radius 1 is 1.12 bits per heavy atom. The van der Waals surface area contributed by atoms with Gasteiger partial charge in [0.2, 0.25) is 0 Å². The van der Waals surface area contributed by atoms with Crippen LogP contribution in [0.25, 0.3) is 0 Å². The molecule has 0 aromatic rings. The number of unbranched alkanes of at least 4 members (excludes halogenated alkanes) is 4. The molecule has 1 saturated heterocycles. The van der Waals surface area contributed by atoms with Crippen LogP contribution in [0.4, 0.5) is 0 Å². The fourth-order valence-corrected chi connectivity index (χ4v) is 1.89. The Hall–Kier alpha value is -0.900. The third-order valence-electron chi connectivity index (χ3n) is 2.90. The van der Waals surface area contributed by atoms with Gasteiger partial charge in [-0.2, -0.15) is 0 Å². The topological polar surface area (TPSA) is 66.9 Å². The van der Waals surface area contributed by atoms with Crippen molar-refractivity contribution in [3.05, 3.63) is 0 Å². The van der Waals surface area contributed by atoms with E-state index in [1.54, 1.807) is 0 Å². The van der Waals surface area contributed by atoms with Crippen LogP contribution in [0.15, 0.2) is 0 Å². The van der Waals surface area contributed by atoms with Crippen molar-refractivity contribution in [2.24, 2.45) is 0 Å². The van der Waals surface area contributed by atoms with Gasteiger partial charge < -0.3 is 14.6 Å². The highest BCUT2D eigenvalue weighted by Gasteiger charge is 2.36. The van der Waals surface area contributed by atoms with E-state index in [-0.39, 0.29) is 12.5 Å². The third kappa shape index (κ3) is 5.85. The van der Waals surface area contributed by atoms with Gasteiger partial charge in [-0.1, -0.05) is 25.7 Å². The quantitative estimate of drug-likeness (QED) is 0.353. The normalized spacial score (nSPS) is 23.0. The second-order valence-electron chi connectivity index (χ2n) is 4.32. The van der Waals surface area contributed by atoms with E-state index in [4.69, 9.17) is 9.84 Å². The van der Waals surface area contributed by atoms with Crippen LogP contribution in [0, 0.1) is 0 Å². The van der Waals surface area contributed by atoms with Gasteiger partial charge in [0.15, 0.2) is 0 Å². The van der Waals surface area contributed by atoms with Crippen LogP contribution in [0.2, 0.25) is 0 Å². The van der Waals surface area contributed by atoms with Crippen molar-refractivity contribution in [3.8, 4) is 0 Å². The molecule has 0 amide bonds. The smallest absolute Gasteiger partial charge is 0.303 e. The predicted molar refractivity (Wildman–Crippen MR) is 59.3 cm³/mol. The van der Waals surface area contributed by atoms with Crippen molar-refractivity contribution in [1.82, 2.24) is 0 Å². The number of aldehydes is 1. The number of carbonyl (C=O) groups is 2. The standard InChI is InChI=1S/C12H20O4/c13-9-8-11-10(16-11)6-4-2-1-3-5-7-12(14)15/h9-11H,1-8H2,(H,14,15). The number of hydrogen-bond donors (Lipinski definition) is 1. The summed E-state index contributed by atoms with van der Waals surface area (Å²) in [5, 5.41) is 8.43. The van der Waals surface area contributed by atoms with Crippen LogP contribution in [-0.2, 0) is 14.3 Å². The summed E-state index contributed by atoms with van der Waals surface area (Å²) in [6, 6.07) is 0. The van der Waals surface area contributed by atoms with E-state index in [9.17, 15) is 9.59 Å². The summed E-state index contributed by atoms with van der Waals surface area (Å²) in [5.74, 6) is -0.705. The highest BCUT2D eigenvalue weighted by molar-refractivity contribution is 5.66. The van der Waals surface area contributed by atoms with Gasteiger partial charge in [-0.3, -0.25) is 4.79 Å². The second-order valence-corrected chi connectivity index (χ2v) is 4.32. The minimum atomic E-state index is -0.705. The molecule has 4 heteroatoms. The number of carboxylic acid groups (broad SMARTS) is 1. The first-order valence-electron chi connectivity index (χ1n) is 6.05. The van der Waals surface area contributed by atoms with Gasteiger partial charge in [0.05, 0.1) is 12.2 Å². The summed E-state index contributed by atoms with van der Waals surface area (Å²) < 4.78 is 5.31. The number of hydrogen-bond acceptors (Lipinski definition) is 3. The lowest BCUT2D eigenvalue weighted by Gasteiger charge is -1.98. The molecule has 4 nitrogen and oxygen atoms in total. The number of ether oxygens (including phenoxy) is 1. The fraction of sp³-hybridized carbons (Fsp3) is 0.833. The van der Waals surface area contributed by atoms with Crippen molar-refractivity contribution in [1.29, 1.82) is 0 Å². The Bertz CT molecular complexity index is 227. The Morgan fingerprint density at radius 3 is 2.50 bits per heavy atom. The zero-order chi connectivity index (χ0) is 11.8. The highest BCUT2D eigenvalue weighted by Crippen LogP contribution is 2.29. The van der Waals surface area contributed by atoms with Gasteiger partial charge in [0.25, 0.3) is 0 Å². The first-order valence-corrected chi connectivity index (χ1v) is 6.05.